The van der Waals surface area contributed by atoms with Crippen molar-refractivity contribution in [1.29, 1.82) is 0 Å². The fraction of sp³-hybridized carbons (Fsp3) is 0.400. The van der Waals surface area contributed by atoms with Gasteiger partial charge in [-0.3, -0.25) is 0 Å². The molecule has 0 spiro atoms. The van der Waals surface area contributed by atoms with Crippen LogP contribution in [-0.4, -0.2) is 26.2 Å². The number of nitrogens with one attached hydrogen (secondary N) is 1. The highest BCUT2D eigenvalue weighted by Crippen LogP contribution is 2.24. The summed E-state index contributed by atoms with van der Waals surface area (Å²) in [6, 6.07) is 7.19. The second-order valence-electron chi connectivity index (χ2n) is 3.56. The first-order valence-electron chi connectivity index (χ1n) is 4.76. The van der Waals surface area contributed by atoms with Crippen LogP contribution in [0.15, 0.2) is 24.3 Å². The monoisotopic (exact) mass is 212 g/mol. The van der Waals surface area contributed by atoms with Gasteiger partial charge in [0.25, 0.3) is 0 Å². The third kappa shape index (κ3) is 1.91. The number of benzene rings is 1. The predicted octanol–water partition coefficient (Wildman–Crippen LogP) is 1.75. The van der Waals surface area contributed by atoms with Crippen molar-refractivity contribution in [3.63, 3.8) is 0 Å². The number of hydroxylamine groups is 2. The Kier molecular flexibility index (Phi) is 2.74. The quantitative estimate of drug-likeness (QED) is 0.569. The van der Waals surface area contributed by atoms with E-state index in [1.807, 2.05) is 12.1 Å². The van der Waals surface area contributed by atoms with Gasteiger partial charge in [0.1, 0.15) is 5.69 Å². The number of hydrogen-bond acceptors (Lipinski definition) is 2. The van der Waals surface area contributed by atoms with Gasteiger partial charge in [0.2, 0.25) is 0 Å². The zero-order valence-corrected chi connectivity index (χ0v) is 8.63. The highest BCUT2D eigenvalue weighted by molar-refractivity contribution is 6.30. The van der Waals surface area contributed by atoms with E-state index in [9.17, 15) is 5.21 Å². The summed E-state index contributed by atoms with van der Waals surface area (Å²) in [6.45, 7) is 2.77. The minimum atomic E-state index is -0.232. The molecule has 14 heavy (non-hydrogen) atoms. The lowest BCUT2D eigenvalue weighted by Gasteiger charge is -2.44. The van der Waals surface area contributed by atoms with Crippen LogP contribution in [0.5, 0.6) is 0 Å². The predicted molar refractivity (Wildman–Crippen MR) is 59.2 cm³/mol. The van der Waals surface area contributed by atoms with Gasteiger partial charge in [-0.15, -0.1) is 0 Å². The summed E-state index contributed by atoms with van der Waals surface area (Å²) in [6.07, 6.45) is 0. The molecule has 2 rings (SSSR count). The van der Waals surface area contributed by atoms with Crippen LogP contribution in [0.4, 0.5) is 5.69 Å². The lowest BCUT2D eigenvalue weighted by molar-refractivity contribution is 0.321. The molecule has 3 nitrogen and oxygen atoms in total. The topological polar surface area (TPSA) is 35.1 Å². The van der Waals surface area contributed by atoms with Crippen LogP contribution in [-0.2, 0) is 0 Å². The average molecular weight is 213 g/mol. The molecule has 1 fully saturated rings. The molecule has 0 radical (unpaired) electrons. The van der Waals surface area contributed by atoms with Crippen molar-refractivity contribution in [3.05, 3.63) is 34.5 Å². The van der Waals surface area contributed by atoms with Gasteiger partial charge in [-0.2, -0.15) is 0 Å². The first-order chi connectivity index (χ1) is 6.71. The zero-order valence-electron chi connectivity index (χ0n) is 7.87. The molecule has 0 amide bonds. The Hall–Kier alpha value is -0.610. The van der Waals surface area contributed by atoms with Gasteiger partial charge in [-0.1, -0.05) is 11.6 Å². The Morgan fingerprint density at radius 3 is 2.29 bits per heavy atom. The van der Waals surface area contributed by atoms with Gasteiger partial charge in [0.05, 0.1) is 13.1 Å². The van der Waals surface area contributed by atoms with Crippen molar-refractivity contribution < 1.29 is 0 Å². The summed E-state index contributed by atoms with van der Waals surface area (Å²) in [5.74, 6) is 0. The number of nitrogens with zero attached hydrogens (tertiary/aromatic N) is 1. The largest absolute Gasteiger partial charge is 0.627 e. The number of hydrogen-bond donors (Lipinski definition) is 1. The van der Waals surface area contributed by atoms with Crippen LogP contribution < -0.4 is 9.96 Å². The summed E-state index contributed by atoms with van der Waals surface area (Å²) in [5, 5.41) is 16.1. The van der Waals surface area contributed by atoms with Crippen molar-refractivity contribution >= 4 is 17.3 Å². The van der Waals surface area contributed by atoms with Gasteiger partial charge in [-0.05, 0) is 12.1 Å². The summed E-state index contributed by atoms with van der Waals surface area (Å²) in [5.41, 5.74) is 0.802. The average Bonchev–Trinajstić information content (AvgIpc) is 2.19. The van der Waals surface area contributed by atoms with E-state index in [0.717, 1.165) is 18.8 Å². The van der Waals surface area contributed by atoms with Gasteiger partial charge >= 0.3 is 0 Å². The highest BCUT2D eigenvalue weighted by Gasteiger charge is 2.22. The molecule has 0 aliphatic carbocycles. The number of quaternary nitrogens is 1. The number of halogens is 1. The van der Waals surface area contributed by atoms with Crippen molar-refractivity contribution in [2.24, 2.45) is 0 Å². The van der Waals surface area contributed by atoms with Crippen molar-refractivity contribution in [2.75, 3.05) is 26.2 Å². The maximum absolute atomic E-state index is 12.3. The van der Waals surface area contributed by atoms with E-state index in [1.54, 1.807) is 12.1 Å². The molecule has 0 atom stereocenters. The van der Waals surface area contributed by atoms with Gasteiger partial charge in [0, 0.05) is 30.2 Å². The second-order valence-corrected chi connectivity index (χ2v) is 4.00. The van der Waals surface area contributed by atoms with E-state index in [4.69, 9.17) is 11.6 Å². The molecule has 1 N–H and O–H groups in total. The SMILES string of the molecule is [O-][N+]1(c2ccc(Cl)cc2)CCNCC1. The molecule has 76 valence electrons. The van der Waals surface area contributed by atoms with Crippen LogP contribution in [0, 0.1) is 5.21 Å². The Morgan fingerprint density at radius 2 is 1.71 bits per heavy atom. The maximum atomic E-state index is 12.3. The Labute approximate surface area is 88.5 Å². The molecule has 1 aromatic rings. The minimum Gasteiger partial charge on any atom is -0.627 e. The van der Waals surface area contributed by atoms with Crippen LogP contribution in [0.3, 0.4) is 0 Å². The minimum absolute atomic E-state index is 0.232. The van der Waals surface area contributed by atoms with Crippen molar-refractivity contribution in [2.45, 2.75) is 0 Å². The lowest BCUT2D eigenvalue weighted by atomic mass is 10.2. The van der Waals surface area contributed by atoms with Crippen molar-refractivity contribution in [3.8, 4) is 0 Å². The second kappa shape index (κ2) is 3.87. The van der Waals surface area contributed by atoms with Gasteiger partial charge in [-0.25, -0.2) is 0 Å². The van der Waals surface area contributed by atoms with E-state index in [2.05, 4.69) is 5.32 Å². The van der Waals surface area contributed by atoms with E-state index >= 15 is 0 Å². The van der Waals surface area contributed by atoms with E-state index < -0.39 is 0 Å². The molecule has 4 heteroatoms. The summed E-state index contributed by atoms with van der Waals surface area (Å²) < 4.78 is -0.232. The fourth-order valence-corrected chi connectivity index (χ4v) is 1.85. The molecular formula is C10H13ClN2O. The van der Waals surface area contributed by atoms with Gasteiger partial charge < -0.3 is 15.2 Å². The normalized spacial score (nSPS) is 20.7. The Bertz CT molecular complexity index is 306. The van der Waals surface area contributed by atoms with E-state index in [0.29, 0.717) is 18.1 Å². The zero-order chi connectivity index (χ0) is 10.0. The molecule has 1 aliphatic heterocycles. The Balaban J connectivity index is 2.23. The summed E-state index contributed by atoms with van der Waals surface area (Å²) in [4.78, 5) is 0. The molecule has 1 heterocycles. The third-order valence-electron chi connectivity index (χ3n) is 2.60. The maximum Gasteiger partial charge on any atom is 0.133 e. The van der Waals surface area contributed by atoms with Gasteiger partial charge in [0.15, 0.2) is 0 Å². The standard InChI is InChI=1S/C10H13ClN2O/c11-9-1-3-10(4-2-9)13(14)7-5-12-6-8-13/h1-4,12H,5-8H2. The smallest absolute Gasteiger partial charge is 0.133 e. The molecule has 1 aliphatic rings. The van der Waals surface area contributed by atoms with Crippen molar-refractivity contribution in [1.82, 2.24) is 9.96 Å². The number of rotatable bonds is 1. The number of piperazine rings is 1. The molecule has 0 saturated carbocycles. The first kappa shape index (κ1) is 9.93. The molecular weight excluding hydrogens is 200 g/mol. The fourth-order valence-electron chi connectivity index (χ4n) is 1.73. The highest BCUT2D eigenvalue weighted by atomic mass is 35.5. The molecule has 1 saturated heterocycles. The first-order valence-corrected chi connectivity index (χ1v) is 5.13. The Morgan fingerprint density at radius 1 is 1.14 bits per heavy atom. The lowest BCUT2D eigenvalue weighted by Crippen LogP contribution is -2.55. The van der Waals surface area contributed by atoms with Crippen LogP contribution in [0.1, 0.15) is 0 Å². The van der Waals surface area contributed by atoms with Crippen LogP contribution >= 0.6 is 11.6 Å². The molecule has 0 unspecified atom stereocenters. The van der Waals surface area contributed by atoms with Crippen LogP contribution in [0.2, 0.25) is 5.02 Å². The summed E-state index contributed by atoms with van der Waals surface area (Å²) >= 11 is 5.77. The van der Waals surface area contributed by atoms with Crippen LogP contribution in [0.25, 0.3) is 0 Å². The molecule has 0 aromatic heterocycles. The third-order valence-corrected chi connectivity index (χ3v) is 2.85. The van der Waals surface area contributed by atoms with E-state index in [-0.39, 0.29) is 4.65 Å². The summed E-state index contributed by atoms with van der Waals surface area (Å²) in [7, 11) is 0. The molecule has 1 aromatic carbocycles. The molecule has 0 bridgehead atoms. The van der Waals surface area contributed by atoms with E-state index in [1.165, 1.54) is 0 Å².